The Labute approximate surface area is 162 Å². The number of alkyl halides is 3. The molecule has 3 N–H and O–H groups in total. The third kappa shape index (κ3) is 4.08. The molecule has 0 aromatic carbocycles. The number of halogens is 4. The fraction of sp³-hybridized carbons (Fsp3) is 0.438. The summed E-state index contributed by atoms with van der Waals surface area (Å²) in [6.45, 7) is 0. The number of rotatable bonds is 4. The van der Waals surface area contributed by atoms with Gasteiger partial charge < -0.3 is 10.6 Å². The Morgan fingerprint density at radius 1 is 1.04 bits per heavy atom. The van der Waals surface area contributed by atoms with Gasteiger partial charge in [-0.3, -0.25) is 0 Å². The van der Waals surface area contributed by atoms with Crippen LogP contribution in [0, 0.1) is 0 Å². The van der Waals surface area contributed by atoms with Crippen LogP contribution in [-0.2, 0) is 6.18 Å². The van der Waals surface area contributed by atoms with E-state index >= 15 is 0 Å². The standard InChI is InChI=1S/C16H16ClF3N8/c17-15-26-25-13-6-5-12(27-28(13)15)23-10-3-1-9(2-4-10)22-11-7-8-21-14(24-11)16(18,19)20/h5-10H,1-4H2,(H2,21,22,23,24,27)/p+1. The lowest BCUT2D eigenvalue weighted by molar-refractivity contribution is -0.577. The lowest BCUT2D eigenvalue weighted by atomic mass is 9.91. The van der Waals surface area contributed by atoms with Crippen molar-refractivity contribution in [2.24, 2.45) is 0 Å². The van der Waals surface area contributed by atoms with Crippen LogP contribution in [0.4, 0.5) is 24.8 Å². The lowest BCUT2D eigenvalue weighted by Gasteiger charge is -2.30. The third-order valence-electron chi connectivity index (χ3n) is 4.60. The van der Waals surface area contributed by atoms with E-state index in [1.54, 1.807) is 6.07 Å². The fourth-order valence-electron chi connectivity index (χ4n) is 3.25. The molecule has 0 atom stereocenters. The topological polar surface area (TPSA) is 95.5 Å². The van der Waals surface area contributed by atoms with Crippen LogP contribution >= 0.6 is 11.6 Å². The Bertz CT molecular complexity index is 968. The van der Waals surface area contributed by atoms with Crippen LogP contribution in [0.25, 0.3) is 5.65 Å². The smallest absolute Gasteiger partial charge is 0.367 e. The van der Waals surface area contributed by atoms with Crippen molar-refractivity contribution < 1.29 is 17.7 Å². The third-order valence-corrected chi connectivity index (χ3v) is 4.85. The van der Waals surface area contributed by atoms with Crippen LogP contribution in [-0.4, -0.2) is 37.3 Å². The SMILES string of the molecule is FC(F)(F)c1nccc(NC2CCC(Nc3ccc4n[nH]c(Cl)[n+]4n3)CC2)n1. The molecule has 3 aromatic rings. The second-order valence-electron chi connectivity index (χ2n) is 6.60. The van der Waals surface area contributed by atoms with Crippen molar-refractivity contribution in [3.8, 4) is 0 Å². The average molecular weight is 414 g/mol. The Morgan fingerprint density at radius 3 is 2.39 bits per heavy atom. The lowest BCUT2D eigenvalue weighted by Crippen LogP contribution is -2.34. The fourth-order valence-corrected chi connectivity index (χ4v) is 3.42. The van der Waals surface area contributed by atoms with Crippen LogP contribution < -0.4 is 15.1 Å². The number of aromatic amines is 1. The molecule has 1 aliphatic rings. The summed E-state index contributed by atoms with van der Waals surface area (Å²) in [5, 5.41) is 17.8. The largest absolute Gasteiger partial charge is 0.451 e. The van der Waals surface area contributed by atoms with E-state index in [-0.39, 0.29) is 17.9 Å². The first-order chi connectivity index (χ1) is 13.4. The minimum absolute atomic E-state index is 0.0576. The maximum Gasteiger partial charge on any atom is 0.451 e. The molecule has 0 bridgehead atoms. The van der Waals surface area contributed by atoms with Gasteiger partial charge in [0.25, 0.3) is 0 Å². The minimum atomic E-state index is -4.55. The molecule has 148 valence electrons. The number of hydrogen-bond donors (Lipinski definition) is 3. The van der Waals surface area contributed by atoms with Crippen molar-refractivity contribution in [2.75, 3.05) is 10.6 Å². The number of fused-ring (bicyclic) bond motifs is 1. The van der Waals surface area contributed by atoms with Crippen LogP contribution in [0.2, 0.25) is 5.28 Å². The van der Waals surface area contributed by atoms with Crippen LogP contribution in [0.1, 0.15) is 31.5 Å². The minimum Gasteiger partial charge on any atom is -0.367 e. The Kier molecular flexibility index (Phi) is 4.92. The summed E-state index contributed by atoms with van der Waals surface area (Å²) in [5.41, 5.74) is 0.617. The van der Waals surface area contributed by atoms with Gasteiger partial charge in [-0.25, -0.2) is 9.97 Å². The molecule has 1 aliphatic carbocycles. The summed E-state index contributed by atoms with van der Waals surface area (Å²) in [4.78, 5) is 6.84. The molecule has 3 heterocycles. The first kappa shape index (κ1) is 18.7. The van der Waals surface area contributed by atoms with Crippen molar-refractivity contribution in [1.82, 2.24) is 25.3 Å². The summed E-state index contributed by atoms with van der Waals surface area (Å²) >= 11 is 5.99. The van der Waals surface area contributed by atoms with Crippen LogP contribution in [0.5, 0.6) is 0 Å². The monoisotopic (exact) mass is 413 g/mol. The molecule has 0 amide bonds. The van der Waals surface area contributed by atoms with Crippen molar-refractivity contribution >= 4 is 28.9 Å². The molecular formula is C16H17ClF3N8+. The molecule has 0 spiro atoms. The van der Waals surface area contributed by atoms with Gasteiger partial charge in [-0.2, -0.15) is 13.2 Å². The summed E-state index contributed by atoms with van der Waals surface area (Å²) in [5.74, 6) is -0.260. The summed E-state index contributed by atoms with van der Waals surface area (Å²) in [7, 11) is 0. The Morgan fingerprint density at radius 2 is 1.71 bits per heavy atom. The molecule has 1 fully saturated rings. The van der Waals surface area contributed by atoms with E-state index in [0.717, 1.165) is 31.9 Å². The zero-order valence-corrected chi connectivity index (χ0v) is 15.3. The highest BCUT2D eigenvalue weighted by atomic mass is 35.5. The van der Waals surface area contributed by atoms with Crippen molar-refractivity contribution in [3.63, 3.8) is 0 Å². The number of H-pyrrole nitrogens is 1. The van der Waals surface area contributed by atoms with Gasteiger partial charge >= 0.3 is 17.1 Å². The van der Waals surface area contributed by atoms with Gasteiger partial charge in [0, 0.05) is 29.4 Å². The van der Waals surface area contributed by atoms with Gasteiger partial charge in [-0.05, 0) is 49.4 Å². The first-order valence-corrected chi connectivity index (χ1v) is 9.12. The van der Waals surface area contributed by atoms with Crippen molar-refractivity contribution in [3.05, 3.63) is 35.5 Å². The van der Waals surface area contributed by atoms with Gasteiger partial charge in [0.2, 0.25) is 5.82 Å². The van der Waals surface area contributed by atoms with E-state index in [9.17, 15) is 13.2 Å². The van der Waals surface area contributed by atoms with E-state index in [0.29, 0.717) is 16.7 Å². The van der Waals surface area contributed by atoms with Gasteiger partial charge in [0.1, 0.15) is 5.82 Å². The van der Waals surface area contributed by atoms with E-state index in [1.807, 2.05) is 6.07 Å². The molecule has 0 saturated heterocycles. The van der Waals surface area contributed by atoms with E-state index in [2.05, 4.69) is 35.9 Å². The maximum atomic E-state index is 12.7. The summed E-state index contributed by atoms with van der Waals surface area (Å²) in [6.07, 6.45) is -0.151. The predicted octanol–water partition coefficient (Wildman–Crippen LogP) is 2.84. The van der Waals surface area contributed by atoms with Crippen molar-refractivity contribution in [1.29, 1.82) is 0 Å². The molecule has 28 heavy (non-hydrogen) atoms. The average Bonchev–Trinajstić information content (AvgIpc) is 3.04. The van der Waals surface area contributed by atoms with E-state index in [1.165, 1.54) is 10.6 Å². The molecule has 12 heteroatoms. The quantitative estimate of drug-likeness (QED) is 0.569. The van der Waals surface area contributed by atoms with E-state index < -0.39 is 12.0 Å². The summed E-state index contributed by atoms with van der Waals surface area (Å²) in [6, 6.07) is 5.35. The van der Waals surface area contributed by atoms with Gasteiger partial charge in [0.15, 0.2) is 5.82 Å². The molecule has 0 aliphatic heterocycles. The zero-order chi connectivity index (χ0) is 19.7. The normalized spacial score (nSPS) is 20.3. The zero-order valence-electron chi connectivity index (χ0n) is 14.5. The number of anilines is 2. The highest BCUT2D eigenvalue weighted by molar-refractivity contribution is 6.27. The van der Waals surface area contributed by atoms with Crippen molar-refractivity contribution in [2.45, 2.75) is 43.9 Å². The number of aromatic nitrogens is 6. The van der Waals surface area contributed by atoms with Gasteiger partial charge in [0.05, 0.1) is 0 Å². The number of hydrogen-bond acceptors (Lipinski definition) is 6. The Balaban J connectivity index is 1.33. The van der Waals surface area contributed by atoms with Crippen LogP contribution in [0.3, 0.4) is 0 Å². The Hall–Kier alpha value is -2.69. The second kappa shape index (κ2) is 7.38. The molecule has 1 saturated carbocycles. The predicted molar refractivity (Wildman–Crippen MR) is 94.9 cm³/mol. The van der Waals surface area contributed by atoms with E-state index in [4.69, 9.17) is 11.6 Å². The molecule has 0 unspecified atom stereocenters. The number of nitrogens with one attached hydrogen (secondary N) is 3. The van der Waals surface area contributed by atoms with Gasteiger partial charge in [-0.1, -0.05) is 9.61 Å². The molecule has 3 aromatic heterocycles. The molecule has 0 radical (unpaired) electrons. The van der Waals surface area contributed by atoms with Crippen LogP contribution in [0.15, 0.2) is 24.4 Å². The van der Waals surface area contributed by atoms with Gasteiger partial charge in [-0.15, -0.1) is 5.10 Å². The second-order valence-corrected chi connectivity index (χ2v) is 6.96. The number of nitrogens with zero attached hydrogens (tertiary/aromatic N) is 5. The molecular weight excluding hydrogens is 397 g/mol. The molecule has 4 rings (SSSR count). The highest BCUT2D eigenvalue weighted by Gasteiger charge is 2.35. The first-order valence-electron chi connectivity index (χ1n) is 8.75. The highest BCUT2D eigenvalue weighted by Crippen LogP contribution is 2.28. The molecule has 8 nitrogen and oxygen atoms in total. The summed E-state index contributed by atoms with van der Waals surface area (Å²) < 4.78 is 39.7. The maximum absolute atomic E-state index is 12.7.